The van der Waals surface area contributed by atoms with Crippen LogP contribution >= 0.6 is 0 Å². The first-order valence-electron chi connectivity index (χ1n) is 6.98. The largest absolute Gasteiger partial charge is 0.399 e. The maximum Gasteiger partial charge on any atom is 0.260 e. The van der Waals surface area contributed by atoms with Gasteiger partial charge in [-0.3, -0.25) is 4.79 Å². The highest BCUT2D eigenvalue weighted by Crippen LogP contribution is 2.25. The number of para-hydroxylation sites is 1. The van der Waals surface area contributed by atoms with Crippen molar-refractivity contribution < 1.29 is 4.79 Å². The number of benzene rings is 2. The molecule has 2 rings (SSSR count). The van der Waals surface area contributed by atoms with Crippen molar-refractivity contribution in [3.05, 3.63) is 54.1 Å². The minimum absolute atomic E-state index is 0.0419. The molecule has 0 aliphatic heterocycles. The second-order valence-corrected chi connectivity index (χ2v) is 5.06. The number of nitrogens with two attached hydrogens (primary N) is 1. The minimum atomic E-state index is -0.0419. The summed E-state index contributed by atoms with van der Waals surface area (Å²) in [5.41, 5.74) is 8.81. The van der Waals surface area contributed by atoms with E-state index in [1.54, 1.807) is 11.0 Å². The quantitative estimate of drug-likeness (QED) is 0.878. The van der Waals surface area contributed by atoms with Crippen molar-refractivity contribution in [1.82, 2.24) is 0 Å². The summed E-state index contributed by atoms with van der Waals surface area (Å²) >= 11 is 0. The fourth-order valence-corrected chi connectivity index (χ4v) is 2.31. The van der Waals surface area contributed by atoms with Gasteiger partial charge in [0.15, 0.2) is 0 Å². The van der Waals surface area contributed by atoms with Crippen LogP contribution in [-0.2, 0) is 0 Å². The van der Waals surface area contributed by atoms with E-state index in [0.717, 1.165) is 11.4 Å². The molecular weight excluding hydrogens is 262 g/mol. The monoisotopic (exact) mass is 283 g/mol. The van der Waals surface area contributed by atoms with E-state index in [1.165, 1.54) is 0 Å². The lowest BCUT2D eigenvalue weighted by molar-refractivity contribution is 0.0989. The van der Waals surface area contributed by atoms with Gasteiger partial charge in [-0.1, -0.05) is 18.2 Å². The molecule has 21 heavy (non-hydrogen) atoms. The van der Waals surface area contributed by atoms with E-state index in [1.807, 2.05) is 68.4 Å². The van der Waals surface area contributed by atoms with Crippen molar-refractivity contribution in [2.24, 2.45) is 0 Å². The fourth-order valence-electron chi connectivity index (χ4n) is 2.31. The highest BCUT2D eigenvalue weighted by atomic mass is 16.2. The first kappa shape index (κ1) is 14.9. The Kier molecular flexibility index (Phi) is 4.48. The van der Waals surface area contributed by atoms with Gasteiger partial charge in [-0.25, -0.2) is 0 Å². The molecule has 2 aromatic rings. The zero-order valence-corrected chi connectivity index (χ0v) is 12.7. The van der Waals surface area contributed by atoms with Gasteiger partial charge < -0.3 is 15.5 Å². The van der Waals surface area contributed by atoms with Gasteiger partial charge in [0.05, 0.1) is 5.56 Å². The van der Waals surface area contributed by atoms with Crippen LogP contribution in [-0.4, -0.2) is 26.5 Å². The van der Waals surface area contributed by atoms with Gasteiger partial charge in [0.25, 0.3) is 5.91 Å². The molecule has 1 amide bonds. The molecule has 2 N–H and O–H groups in total. The van der Waals surface area contributed by atoms with Crippen LogP contribution in [0.25, 0.3) is 0 Å². The van der Waals surface area contributed by atoms with E-state index in [9.17, 15) is 4.79 Å². The summed E-state index contributed by atoms with van der Waals surface area (Å²) in [5, 5.41) is 0. The van der Waals surface area contributed by atoms with Crippen LogP contribution in [0, 0.1) is 0 Å². The van der Waals surface area contributed by atoms with Crippen molar-refractivity contribution in [1.29, 1.82) is 0 Å². The molecule has 4 heteroatoms. The van der Waals surface area contributed by atoms with Crippen LogP contribution in [0.3, 0.4) is 0 Å². The molecule has 0 heterocycles. The van der Waals surface area contributed by atoms with E-state index < -0.39 is 0 Å². The molecule has 0 saturated carbocycles. The van der Waals surface area contributed by atoms with Crippen molar-refractivity contribution >= 4 is 23.0 Å². The van der Waals surface area contributed by atoms with Gasteiger partial charge in [-0.05, 0) is 37.3 Å². The fraction of sp³-hybridized carbons (Fsp3) is 0.235. The zero-order valence-electron chi connectivity index (χ0n) is 12.7. The summed E-state index contributed by atoms with van der Waals surface area (Å²) < 4.78 is 0. The highest BCUT2D eigenvalue weighted by Gasteiger charge is 2.20. The van der Waals surface area contributed by atoms with Gasteiger partial charge in [-0.2, -0.15) is 0 Å². The Bertz CT molecular complexity index is 623. The third-order valence-corrected chi connectivity index (χ3v) is 3.36. The van der Waals surface area contributed by atoms with E-state index in [0.29, 0.717) is 17.8 Å². The normalized spacial score (nSPS) is 10.2. The number of nitrogens with zero attached hydrogens (tertiary/aromatic N) is 2. The molecule has 0 aliphatic rings. The van der Waals surface area contributed by atoms with Crippen LogP contribution in [0.4, 0.5) is 17.1 Å². The first-order valence-corrected chi connectivity index (χ1v) is 6.98. The highest BCUT2D eigenvalue weighted by molar-refractivity contribution is 6.10. The Hall–Kier alpha value is -2.49. The SMILES string of the molecule is CCN(C(=O)c1cc(N)ccc1N(C)C)c1ccccc1. The van der Waals surface area contributed by atoms with Gasteiger partial charge in [0.1, 0.15) is 0 Å². The van der Waals surface area contributed by atoms with Crippen molar-refractivity contribution in [3.8, 4) is 0 Å². The average Bonchev–Trinajstić information content (AvgIpc) is 2.48. The second kappa shape index (κ2) is 6.31. The maximum absolute atomic E-state index is 12.9. The molecule has 0 aliphatic carbocycles. The number of hydrogen-bond donors (Lipinski definition) is 1. The third-order valence-electron chi connectivity index (χ3n) is 3.36. The number of amides is 1. The van der Waals surface area contributed by atoms with Crippen LogP contribution in [0.15, 0.2) is 48.5 Å². The van der Waals surface area contributed by atoms with E-state index >= 15 is 0 Å². The van der Waals surface area contributed by atoms with Crippen molar-refractivity contribution in [2.75, 3.05) is 36.2 Å². The molecular formula is C17H21N3O. The molecule has 0 saturated heterocycles. The standard InChI is InChI=1S/C17H21N3O/c1-4-20(14-8-6-5-7-9-14)17(21)15-12-13(18)10-11-16(15)19(2)3/h5-12H,4,18H2,1-3H3. The number of anilines is 3. The summed E-state index contributed by atoms with van der Waals surface area (Å²) in [6, 6.07) is 15.1. The summed E-state index contributed by atoms with van der Waals surface area (Å²) in [4.78, 5) is 16.6. The zero-order chi connectivity index (χ0) is 15.4. The summed E-state index contributed by atoms with van der Waals surface area (Å²) in [6.07, 6.45) is 0. The molecule has 0 atom stereocenters. The second-order valence-electron chi connectivity index (χ2n) is 5.06. The van der Waals surface area contributed by atoms with Gasteiger partial charge in [0.2, 0.25) is 0 Å². The molecule has 4 nitrogen and oxygen atoms in total. The van der Waals surface area contributed by atoms with Crippen LogP contribution in [0.1, 0.15) is 17.3 Å². The summed E-state index contributed by atoms with van der Waals surface area (Å²) in [5.74, 6) is -0.0419. The Labute approximate surface area is 125 Å². The Morgan fingerprint density at radius 1 is 1.10 bits per heavy atom. The third kappa shape index (κ3) is 3.16. The van der Waals surface area contributed by atoms with E-state index in [4.69, 9.17) is 5.73 Å². The van der Waals surface area contributed by atoms with Gasteiger partial charge in [0, 0.05) is 37.7 Å². The number of carbonyl (C=O) groups excluding carboxylic acids is 1. The van der Waals surface area contributed by atoms with Crippen LogP contribution in [0.2, 0.25) is 0 Å². The lowest BCUT2D eigenvalue weighted by atomic mass is 10.1. The number of nitrogen functional groups attached to an aromatic ring is 1. The lowest BCUT2D eigenvalue weighted by Crippen LogP contribution is -2.32. The maximum atomic E-state index is 12.9. The number of hydrogen-bond acceptors (Lipinski definition) is 3. The molecule has 0 fully saturated rings. The molecule has 0 spiro atoms. The van der Waals surface area contributed by atoms with Crippen LogP contribution < -0.4 is 15.5 Å². The average molecular weight is 283 g/mol. The molecule has 110 valence electrons. The predicted molar refractivity (Wildman–Crippen MR) is 89.0 cm³/mol. The topological polar surface area (TPSA) is 49.6 Å². The van der Waals surface area contributed by atoms with Crippen LogP contribution in [0.5, 0.6) is 0 Å². The molecule has 2 aromatic carbocycles. The lowest BCUT2D eigenvalue weighted by Gasteiger charge is -2.24. The molecule has 0 radical (unpaired) electrons. The molecule has 0 bridgehead atoms. The smallest absolute Gasteiger partial charge is 0.260 e. The van der Waals surface area contributed by atoms with Crippen molar-refractivity contribution in [2.45, 2.75) is 6.92 Å². The van der Waals surface area contributed by atoms with E-state index in [2.05, 4.69) is 0 Å². The number of rotatable bonds is 4. The molecule has 0 unspecified atom stereocenters. The van der Waals surface area contributed by atoms with Gasteiger partial charge >= 0.3 is 0 Å². The first-order chi connectivity index (χ1) is 10.0. The Balaban J connectivity index is 2.45. The summed E-state index contributed by atoms with van der Waals surface area (Å²) in [6.45, 7) is 2.57. The predicted octanol–water partition coefficient (Wildman–Crippen LogP) is 3.00. The number of carbonyl (C=O) groups is 1. The van der Waals surface area contributed by atoms with Crippen molar-refractivity contribution in [3.63, 3.8) is 0 Å². The van der Waals surface area contributed by atoms with E-state index in [-0.39, 0.29) is 5.91 Å². The van der Waals surface area contributed by atoms with Gasteiger partial charge in [-0.15, -0.1) is 0 Å². The minimum Gasteiger partial charge on any atom is -0.399 e. The molecule has 0 aromatic heterocycles. The Morgan fingerprint density at radius 2 is 1.76 bits per heavy atom. The summed E-state index contributed by atoms with van der Waals surface area (Å²) in [7, 11) is 3.84. The Morgan fingerprint density at radius 3 is 2.33 bits per heavy atom.